The molecule has 1 amide bonds. The standard InChI is InChI=1S/C28H33NO3/c1-3-4-20-32-26-17-16-25(23-10-6-7-11-24(23)26)29-27(30)28(18-8-5-9-19-28)21-12-14-22(31-2)15-13-21/h6-7,10-17H,3-5,8-9,18-20H2,1-2H3,(H,29,30). The summed E-state index contributed by atoms with van der Waals surface area (Å²) in [5, 5.41) is 5.33. The molecular formula is C28H33NO3. The van der Waals surface area contributed by atoms with Crippen molar-refractivity contribution in [3.05, 3.63) is 66.2 Å². The van der Waals surface area contributed by atoms with Crippen molar-refractivity contribution in [3.63, 3.8) is 0 Å². The molecular weight excluding hydrogens is 398 g/mol. The number of carbonyl (C=O) groups is 1. The van der Waals surface area contributed by atoms with Crippen molar-refractivity contribution in [1.29, 1.82) is 0 Å². The van der Waals surface area contributed by atoms with Gasteiger partial charge >= 0.3 is 0 Å². The highest BCUT2D eigenvalue weighted by atomic mass is 16.5. The molecule has 1 aliphatic rings. The van der Waals surface area contributed by atoms with Gasteiger partial charge in [-0.25, -0.2) is 0 Å². The summed E-state index contributed by atoms with van der Waals surface area (Å²) < 4.78 is 11.4. The second kappa shape index (κ2) is 10.1. The van der Waals surface area contributed by atoms with Crippen LogP contribution in [0, 0.1) is 0 Å². The first-order valence-electron chi connectivity index (χ1n) is 11.8. The molecule has 1 saturated carbocycles. The second-order valence-corrected chi connectivity index (χ2v) is 8.68. The minimum Gasteiger partial charge on any atom is -0.497 e. The smallest absolute Gasteiger partial charge is 0.235 e. The van der Waals surface area contributed by atoms with E-state index in [1.54, 1.807) is 7.11 Å². The third kappa shape index (κ3) is 4.45. The van der Waals surface area contributed by atoms with Gasteiger partial charge in [-0.1, -0.05) is 69.0 Å². The lowest BCUT2D eigenvalue weighted by atomic mass is 9.68. The molecule has 0 unspecified atom stereocenters. The van der Waals surface area contributed by atoms with Crippen LogP contribution in [0.15, 0.2) is 60.7 Å². The number of hydrogen-bond donors (Lipinski definition) is 1. The van der Waals surface area contributed by atoms with Gasteiger partial charge in [0.1, 0.15) is 11.5 Å². The third-order valence-corrected chi connectivity index (χ3v) is 6.67. The fourth-order valence-electron chi connectivity index (χ4n) is 4.79. The maximum absolute atomic E-state index is 13.8. The molecule has 1 fully saturated rings. The van der Waals surface area contributed by atoms with E-state index in [2.05, 4.69) is 24.4 Å². The van der Waals surface area contributed by atoms with Gasteiger partial charge in [0.05, 0.1) is 19.1 Å². The van der Waals surface area contributed by atoms with Gasteiger partial charge in [0.15, 0.2) is 0 Å². The molecule has 3 aromatic carbocycles. The molecule has 0 bridgehead atoms. The lowest BCUT2D eigenvalue weighted by Crippen LogP contribution is -2.42. The molecule has 0 spiro atoms. The van der Waals surface area contributed by atoms with E-state index in [9.17, 15) is 4.79 Å². The first kappa shape index (κ1) is 22.2. The summed E-state index contributed by atoms with van der Waals surface area (Å²) in [5.74, 6) is 1.76. The van der Waals surface area contributed by atoms with Crippen molar-refractivity contribution < 1.29 is 14.3 Å². The zero-order valence-electron chi connectivity index (χ0n) is 19.2. The zero-order chi connectivity index (χ0) is 22.4. The maximum atomic E-state index is 13.8. The molecule has 3 aromatic rings. The Balaban J connectivity index is 1.65. The minimum absolute atomic E-state index is 0.0761. The van der Waals surface area contributed by atoms with Crippen molar-refractivity contribution in [2.24, 2.45) is 0 Å². The van der Waals surface area contributed by atoms with Crippen LogP contribution in [0.2, 0.25) is 0 Å². The topological polar surface area (TPSA) is 47.6 Å². The van der Waals surface area contributed by atoms with Crippen molar-refractivity contribution in [2.75, 3.05) is 19.0 Å². The number of nitrogens with one attached hydrogen (secondary N) is 1. The van der Waals surface area contributed by atoms with Gasteiger partial charge in [-0.15, -0.1) is 0 Å². The lowest BCUT2D eigenvalue weighted by molar-refractivity contribution is -0.122. The number of carbonyl (C=O) groups excluding carboxylic acids is 1. The number of fused-ring (bicyclic) bond motifs is 1. The Hall–Kier alpha value is -3.01. The van der Waals surface area contributed by atoms with E-state index in [1.807, 2.05) is 48.5 Å². The first-order valence-corrected chi connectivity index (χ1v) is 11.8. The molecule has 0 saturated heterocycles. The van der Waals surface area contributed by atoms with E-state index < -0.39 is 5.41 Å². The Kier molecular flexibility index (Phi) is 6.99. The Morgan fingerprint density at radius 1 is 0.938 bits per heavy atom. The highest BCUT2D eigenvalue weighted by Gasteiger charge is 2.41. The summed E-state index contributed by atoms with van der Waals surface area (Å²) in [6, 6.07) is 20.1. The average molecular weight is 432 g/mol. The molecule has 0 radical (unpaired) electrons. The Bertz CT molecular complexity index is 1050. The summed E-state index contributed by atoms with van der Waals surface area (Å²) in [6.45, 7) is 2.86. The van der Waals surface area contributed by atoms with Crippen LogP contribution < -0.4 is 14.8 Å². The Morgan fingerprint density at radius 3 is 2.34 bits per heavy atom. The molecule has 1 aliphatic carbocycles. The Labute approximate surface area is 190 Å². The van der Waals surface area contributed by atoms with Crippen molar-refractivity contribution >= 4 is 22.4 Å². The fraction of sp³-hybridized carbons (Fsp3) is 0.393. The van der Waals surface area contributed by atoms with Crippen molar-refractivity contribution in [1.82, 2.24) is 0 Å². The third-order valence-electron chi connectivity index (χ3n) is 6.67. The van der Waals surface area contributed by atoms with Crippen molar-refractivity contribution in [2.45, 2.75) is 57.3 Å². The van der Waals surface area contributed by atoms with Gasteiger partial charge in [-0.3, -0.25) is 4.79 Å². The van der Waals surface area contributed by atoms with Gasteiger partial charge in [0, 0.05) is 16.5 Å². The number of anilines is 1. The largest absolute Gasteiger partial charge is 0.497 e. The maximum Gasteiger partial charge on any atom is 0.235 e. The SMILES string of the molecule is CCCCOc1ccc(NC(=O)C2(c3ccc(OC)cc3)CCCCC2)c2ccccc12. The average Bonchev–Trinajstić information content (AvgIpc) is 2.85. The van der Waals surface area contributed by atoms with Gasteiger partial charge < -0.3 is 14.8 Å². The predicted molar refractivity (Wildman–Crippen MR) is 131 cm³/mol. The summed E-state index contributed by atoms with van der Waals surface area (Å²) in [6.07, 6.45) is 7.14. The monoisotopic (exact) mass is 431 g/mol. The minimum atomic E-state index is -0.512. The van der Waals surface area contributed by atoms with Gasteiger partial charge in [0.2, 0.25) is 5.91 Å². The number of ether oxygens (including phenoxy) is 2. The van der Waals surface area contributed by atoms with E-state index in [0.29, 0.717) is 6.61 Å². The van der Waals surface area contributed by atoms with Crippen LogP contribution in [0.1, 0.15) is 57.4 Å². The lowest BCUT2D eigenvalue weighted by Gasteiger charge is -2.36. The highest BCUT2D eigenvalue weighted by Crippen LogP contribution is 2.42. The van der Waals surface area contributed by atoms with E-state index in [0.717, 1.165) is 72.0 Å². The number of methoxy groups -OCH3 is 1. The van der Waals surface area contributed by atoms with Crippen LogP contribution in [0.4, 0.5) is 5.69 Å². The molecule has 168 valence electrons. The van der Waals surface area contributed by atoms with E-state index >= 15 is 0 Å². The molecule has 0 atom stereocenters. The van der Waals surface area contributed by atoms with E-state index in [4.69, 9.17) is 9.47 Å². The van der Waals surface area contributed by atoms with Crippen molar-refractivity contribution in [3.8, 4) is 11.5 Å². The van der Waals surface area contributed by atoms with Crippen LogP contribution in [-0.2, 0) is 10.2 Å². The van der Waals surface area contributed by atoms with Gasteiger partial charge in [0.25, 0.3) is 0 Å². The first-order chi connectivity index (χ1) is 15.7. The molecule has 4 nitrogen and oxygen atoms in total. The molecule has 4 rings (SSSR count). The number of hydrogen-bond acceptors (Lipinski definition) is 3. The number of unbranched alkanes of at least 4 members (excludes halogenated alkanes) is 1. The zero-order valence-corrected chi connectivity index (χ0v) is 19.2. The molecule has 0 heterocycles. The highest BCUT2D eigenvalue weighted by molar-refractivity contribution is 6.07. The molecule has 32 heavy (non-hydrogen) atoms. The number of amides is 1. The molecule has 0 aromatic heterocycles. The van der Waals surface area contributed by atoms with Gasteiger partial charge in [-0.2, -0.15) is 0 Å². The summed E-state index contributed by atoms with van der Waals surface area (Å²) in [5.41, 5.74) is 1.40. The van der Waals surface area contributed by atoms with Crippen LogP contribution >= 0.6 is 0 Å². The predicted octanol–water partition coefficient (Wildman–Crippen LogP) is 6.87. The normalized spacial score (nSPS) is 15.3. The fourth-order valence-corrected chi connectivity index (χ4v) is 4.79. The van der Waals surface area contributed by atoms with Crippen LogP contribution in [0.3, 0.4) is 0 Å². The molecule has 4 heteroatoms. The quantitative estimate of drug-likeness (QED) is 0.396. The number of rotatable bonds is 8. The summed E-state index contributed by atoms with van der Waals surface area (Å²) >= 11 is 0. The molecule has 1 N–H and O–H groups in total. The molecule has 0 aliphatic heterocycles. The van der Waals surface area contributed by atoms with Crippen LogP contribution in [0.25, 0.3) is 10.8 Å². The van der Waals surface area contributed by atoms with E-state index in [1.165, 1.54) is 6.42 Å². The summed E-state index contributed by atoms with van der Waals surface area (Å²) in [4.78, 5) is 13.8. The second-order valence-electron chi connectivity index (χ2n) is 8.68. The summed E-state index contributed by atoms with van der Waals surface area (Å²) in [7, 11) is 1.67. The number of benzene rings is 3. The van der Waals surface area contributed by atoms with E-state index in [-0.39, 0.29) is 5.91 Å². The van der Waals surface area contributed by atoms with Crippen LogP contribution in [0.5, 0.6) is 11.5 Å². The Morgan fingerprint density at radius 2 is 1.66 bits per heavy atom. The van der Waals surface area contributed by atoms with Gasteiger partial charge in [-0.05, 0) is 49.1 Å². The van der Waals surface area contributed by atoms with Crippen LogP contribution in [-0.4, -0.2) is 19.6 Å².